The van der Waals surface area contributed by atoms with Crippen molar-refractivity contribution < 1.29 is 8.83 Å². The van der Waals surface area contributed by atoms with Gasteiger partial charge in [-0.05, 0) is 65.4 Å². The van der Waals surface area contributed by atoms with E-state index < -0.39 is 0 Å². The minimum absolute atomic E-state index is 0.535. The van der Waals surface area contributed by atoms with Crippen LogP contribution in [-0.2, 0) is 0 Å². The molecule has 8 aromatic carbocycles. The highest BCUT2D eigenvalue weighted by atomic mass is 16.3. The summed E-state index contributed by atoms with van der Waals surface area (Å²) in [6.45, 7) is 0. The summed E-state index contributed by atoms with van der Waals surface area (Å²) < 4.78 is 15.4. The molecule has 0 aliphatic carbocycles. The van der Waals surface area contributed by atoms with Gasteiger partial charge in [-0.2, -0.15) is 0 Å². The van der Waals surface area contributed by atoms with Crippen LogP contribution >= 0.6 is 0 Å². The highest BCUT2D eigenvalue weighted by molar-refractivity contribution is 6.14. The zero-order valence-electron chi connectivity index (χ0n) is 29.3. The van der Waals surface area contributed by atoms with E-state index in [-0.39, 0.29) is 0 Å². The summed E-state index contributed by atoms with van der Waals surface area (Å²) in [6, 6.07) is 58.7. The van der Waals surface area contributed by atoms with Crippen LogP contribution in [0.5, 0.6) is 0 Å². The molecule has 12 aromatic rings. The first-order valence-electron chi connectivity index (χ1n) is 18.3. The van der Waals surface area contributed by atoms with Crippen molar-refractivity contribution in [2.75, 3.05) is 0 Å². The van der Waals surface area contributed by atoms with Crippen LogP contribution in [0.1, 0.15) is 0 Å². The lowest BCUT2D eigenvalue weighted by atomic mass is 10.1. The number of furan rings is 2. The predicted octanol–water partition coefficient (Wildman–Crippen LogP) is 12.9. The van der Waals surface area contributed by atoms with Crippen molar-refractivity contribution in [1.29, 1.82) is 0 Å². The first-order chi connectivity index (χ1) is 27.2. The quantitative estimate of drug-likeness (QED) is 0.182. The zero-order valence-corrected chi connectivity index (χ0v) is 29.3. The van der Waals surface area contributed by atoms with Gasteiger partial charge in [0.25, 0.3) is 0 Å². The van der Waals surface area contributed by atoms with Crippen molar-refractivity contribution in [3.8, 4) is 39.9 Å². The van der Waals surface area contributed by atoms with Gasteiger partial charge in [0.1, 0.15) is 22.3 Å². The van der Waals surface area contributed by atoms with E-state index >= 15 is 0 Å². The molecule has 0 radical (unpaired) electrons. The number of benzene rings is 8. The third-order valence-electron chi connectivity index (χ3n) is 10.8. The van der Waals surface area contributed by atoms with Crippen molar-refractivity contribution in [2.45, 2.75) is 0 Å². The molecule has 0 amide bonds. The van der Waals surface area contributed by atoms with Gasteiger partial charge in [0, 0.05) is 55.2 Å². The van der Waals surface area contributed by atoms with Crippen molar-refractivity contribution in [2.24, 2.45) is 0 Å². The number of aromatic nitrogens is 4. The third kappa shape index (κ3) is 4.58. The number of para-hydroxylation sites is 3. The lowest BCUT2D eigenvalue weighted by Crippen LogP contribution is -2.00. The lowest BCUT2D eigenvalue weighted by Gasteiger charge is -2.08. The normalized spacial score (nSPS) is 12.0. The van der Waals surface area contributed by atoms with Crippen molar-refractivity contribution in [1.82, 2.24) is 19.5 Å². The Kier molecular flexibility index (Phi) is 6.24. The molecule has 0 aliphatic rings. The van der Waals surface area contributed by atoms with E-state index in [1.54, 1.807) is 0 Å². The highest BCUT2D eigenvalue weighted by Crippen LogP contribution is 2.40. The maximum absolute atomic E-state index is 6.82. The molecule has 0 aliphatic heterocycles. The molecule has 4 aromatic heterocycles. The van der Waals surface area contributed by atoms with Crippen LogP contribution in [-0.4, -0.2) is 19.5 Å². The molecule has 12 rings (SSSR count). The molecular formula is C49H28N4O2. The Balaban J connectivity index is 1.05. The Morgan fingerprint density at radius 1 is 0.364 bits per heavy atom. The van der Waals surface area contributed by atoms with E-state index in [2.05, 4.69) is 108 Å². The number of hydrogen-bond acceptors (Lipinski definition) is 5. The molecule has 0 spiro atoms. The molecule has 4 heterocycles. The molecular weight excluding hydrogens is 677 g/mol. The first-order valence-corrected chi connectivity index (χ1v) is 18.3. The Hall–Kier alpha value is -7.57. The second-order valence-corrected chi connectivity index (χ2v) is 14.0. The Bertz CT molecular complexity index is 3500. The summed E-state index contributed by atoms with van der Waals surface area (Å²) in [7, 11) is 0. The molecule has 0 saturated carbocycles. The van der Waals surface area contributed by atoms with Crippen LogP contribution in [0.3, 0.4) is 0 Å². The van der Waals surface area contributed by atoms with Crippen molar-refractivity contribution in [3.05, 3.63) is 170 Å². The van der Waals surface area contributed by atoms with E-state index in [4.69, 9.17) is 23.8 Å². The van der Waals surface area contributed by atoms with Gasteiger partial charge in [0.2, 0.25) is 0 Å². The highest BCUT2D eigenvalue weighted by Gasteiger charge is 2.20. The summed E-state index contributed by atoms with van der Waals surface area (Å²) in [5.74, 6) is 1.67. The molecule has 55 heavy (non-hydrogen) atoms. The Labute approximate surface area is 313 Å². The van der Waals surface area contributed by atoms with Crippen LogP contribution in [0.15, 0.2) is 179 Å². The standard InChI is InChI=1S/C49H28N4O2/c1-2-11-29(12-3-1)47-50-48(32-21-23-36-35-16-7-9-20-43(35)54-44(36)27-32)52-49(51-47)39-18-10-17-38-37-24-22-33(28-45(37)55-46(38)39)53-41-19-8-6-15-34(41)40-25-30-13-4-5-14-31(30)26-42(40)53/h1-28H. The third-order valence-corrected chi connectivity index (χ3v) is 10.8. The molecule has 0 fully saturated rings. The number of hydrogen-bond donors (Lipinski definition) is 0. The van der Waals surface area contributed by atoms with E-state index in [1.165, 1.54) is 21.5 Å². The van der Waals surface area contributed by atoms with E-state index in [0.717, 1.165) is 77.3 Å². The van der Waals surface area contributed by atoms with Crippen LogP contribution in [0.25, 0.3) is 116 Å². The van der Waals surface area contributed by atoms with E-state index in [1.807, 2.05) is 66.7 Å². The molecule has 256 valence electrons. The summed E-state index contributed by atoms with van der Waals surface area (Å²) in [5.41, 5.74) is 9.03. The van der Waals surface area contributed by atoms with Crippen molar-refractivity contribution in [3.63, 3.8) is 0 Å². The number of fused-ring (bicyclic) bond motifs is 10. The summed E-state index contributed by atoms with van der Waals surface area (Å²) >= 11 is 0. The summed E-state index contributed by atoms with van der Waals surface area (Å²) in [6.07, 6.45) is 0. The Morgan fingerprint density at radius 3 is 1.91 bits per heavy atom. The maximum atomic E-state index is 6.82. The average Bonchev–Trinajstić information content (AvgIpc) is 3.91. The van der Waals surface area contributed by atoms with Crippen molar-refractivity contribution >= 4 is 76.5 Å². The molecule has 0 atom stereocenters. The van der Waals surface area contributed by atoms with Gasteiger partial charge in [0.15, 0.2) is 17.5 Å². The lowest BCUT2D eigenvalue weighted by molar-refractivity contribution is 0.668. The SMILES string of the molecule is c1ccc(-c2nc(-c3ccc4c(c3)oc3ccccc34)nc(-c3cccc4c3oc3cc(-n5c6ccccc6c6cc7ccccc7cc65)ccc34)n2)cc1. The fourth-order valence-electron chi connectivity index (χ4n) is 8.24. The molecule has 6 nitrogen and oxygen atoms in total. The topological polar surface area (TPSA) is 69.9 Å². The van der Waals surface area contributed by atoms with Gasteiger partial charge in [-0.1, -0.05) is 109 Å². The molecule has 0 unspecified atom stereocenters. The summed E-state index contributed by atoms with van der Waals surface area (Å²) in [4.78, 5) is 15.2. The first kappa shape index (κ1) is 29.9. The molecule has 6 heteroatoms. The average molecular weight is 705 g/mol. The smallest absolute Gasteiger partial charge is 0.167 e. The largest absolute Gasteiger partial charge is 0.456 e. The van der Waals surface area contributed by atoms with Gasteiger partial charge in [-0.15, -0.1) is 0 Å². The maximum Gasteiger partial charge on any atom is 0.167 e. The fourth-order valence-corrected chi connectivity index (χ4v) is 8.24. The monoisotopic (exact) mass is 704 g/mol. The molecule has 0 saturated heterocycles. The van der Waals surface area contributed by atoms with Crippen LogP contribution < -0.4 is 0 Å². The van der Waals surface area contributed by atoms with Gasteiger partial charge in [-0.3, -0.25) is 0 Å². The molecule has 0 bridgehead atoms. The minimum atomic E-state index is 0.535. The second kappa shape index (κ2) is 11.5. The van der Waals surface area contributed by atoms with Crippen LogP contribution in [0.2, 0.25) is 0 Å². The second-order valence-electron chi connectivity index (χ2n) is 14.0. The minimum Gasteiger partial charge on any atom is -0.456 e. The van der Waals surface area contributed by atoms with E-state index in [9.17, 15) is 0 Å². The fraction of sp³-hybridized carbons (Fsp3) is 0. The number of nitrogens with zero attached hydrogens (tertiary/aromatic N) is 4. The van der Waals surface area contributed by atoms with Gasteiger partial charge in [0.05, 0.1) is 16.6 Å². The summed E-state index contributed by atoms with van der Waals surface area (Å²) in [5, 5.41) is 9.03. The van der Waals surface area contributed by atoms with Crippen LogP contribution in [0, 0.1) is 0 Å². The molecule has 0 N–H and O–H groups in total. The predicted molar refractivity (Wildman–Crippen MR) is 223 cm³/mol. The van der Waals surface area contributed by atoms with E-state index in [0.29, 0.717) is 17.5 Å². The Morgan fingerprint density at radius 2 is 1.02 bits per heavy atom. The van der Waals surface area contributed by atoms with Gasteiger partial charge in [-0.25, -0.2) is 15.0 Å². The van der Waals surface area contributed by atoms with Gasteiger partial charge >= 0.3 is 0 Å². The van der Waals surface area contributed by atoms with Crippen LogP contribution in [0.4, 0.5) is 0 Å². The zero-order chi connectivity index (χ0) is 36.0. The number of rotatable bonds is 4. The van der Waals surface area contributed by atoms with Gasteiger partial charge < -0.3 is 13.4 Å².